The van der Waals surface area contributed by atoms with Crippen molar-refractivity contribution in [2.24, 2.45) is 0 Å². The zero-order valence-electron chi connectivity index (χ0n) is 13.9. The Balaban J connectivity index is 0.000000646. The number of anilines is 1. The van der Waals surface area contributed by atoms with E-state index in [1.165, 1.54) is 0 Å². The fourth-order valence-electron chi connectivity index (χ4n) is 2.17. The molecule has 1 unspecified atom stereocenters. The van der Waals surface area contributed by atoms with Crippen molar-refractivity contribution in [1.29, 1.82) is 0 Å². The van der Waals surface area contributed by atoms with Gasteiger partial charge >= 0.3 is 17.1 Å². The molecule has 0 radical (unpaired) electrons. The van der Waals surface area contributed by atoms with Crippen LogP contribution in [0.5, 0.6) is 0 Å². The third-order valence-electron chi connectivity index (χ3n) is 3.07. The fraction of sp³-hybridized carbons (Fsp3) is 0.133. The van der Waals surface area contributed by atoms with Crippen molar-refractivity contribution in [3.05, 3.63) is 85.5 Å². The molecule has 2 heterocycles. The van der Waals surface area contributed by atoms with Gasteiger partial charge in [-0.25, -0.2) is 4.98 Å². The van der Waals surface area contributed by atoms with Gasteiger partial charge in [-0.2, -0.15) is 5.70 Å². The molecule has 0 saturated heterocycles. The van der Waals surface area contributed by atoms with E-state index < -0.39 is 10.2 Å². The van der Waals surface area contributed by atoms with E-state index in [2.05, 4.69) is 16.4 Å². The van der Waals surface area contributed by atoms with Crippen molar-refractivity contribution in [3.8, 4) is 0 Å². The Hall–Kier alpha value is -3.37. The monoisotopic (exact) mass is 425 g/mol. The summed E-state index contributed by atoms with van der Waals surface area (Å²) >= 11 is 0. The van der Waals surface area contributed by atoms with Crippen molar-refractivity contribution in [2.75, 3.05) is 5.73 Å². The third-order valence-corrected chi connectivity index (χ3v) is 3.07. The van der Waals surface area contributed by atoms with Gasteiger partial charge in [0.25, 0.3) is 10.2 Å². The molecule has 4 N–H and O–H groups in total. The van der Waals surface area contributed by atoms with Gasteiger partial charge in [-0.15, -0.1) is 20.2 Å². The quantitative estimate of drug-likeness (QED) is 0.354. The van der Waals surface area contributed by atoms with Crippen LogP contribution >= 0.6 is 0 Å². The summed E-state index contributed by atoms with van der Waals surface area (Å²) in [6.07, 6.45) is 6.03. The first-order valence-electron chi connectivity index (χ1n) is 7.08. The molecule has 11 nitrogen and oxygen atoms in total. The maximum Gasteiger partial charge on any atom is 1.00 e. The van der Waals surface area contributed by atoms with E-state index in [1.807, 2.05) is 49.4 Å². The summed E-state index contributed by atoms with van der Waals surface area (Å²) < 4.78 is 0. The van der Waals surface area contributed by atoms with Gasteiger partial charge in [0, 0.05) is 11.1 Å². The number of benzene rings is 1. The first-order chi connectivity index (χ1) is 12.2. The summed E-state index contributed by atoms with van der Waals surface area (Å²) in [6.45, 7) is 1.99. The number of aromatic nitrogens is 1. The summed E-state index contributed by atoms with van der Waals surface area (Å²) in [5.74, 6) is 0.568. The molecule has 12 heteroatoms. The minimum absolute atomic E-state index is 0. The molecule has 0 amide bonds. The normalized spacial score (nSPS) is 14.1. The number of nitrogen functional groups attached to an aromatic ring is 1. The smallest absolute Gasteiger partial charge is 0.677 e. The molecule has 1 aromatic carbocycles. The minimum atomic E-state index is -1.50. The van der Waals surface area contributed by atoms with Crippen LogP contribution in [0.4, 0.5) is 5.82 Å². The summed E-state index contributed by atoms with van der Waals surface area (Å²) in [4.78, 5) is 21.2. The van der Waals surface area contributed by atoms with E-state index >= 15 is 0 Å². The molecule has 1 aliphatic heterocycles. The van der Waals surface area contributed by atoms with Crippen LogP contribution in [-0.4, -0.2) is 25.6 Å². The van der Waals surface area contributed by atoms with E-state index in [4.69, 9.17) is 36.4 Å². The Morgan fingerprint density at radius 2 is 1.74 bits per heavy atom. The van der Waals surface area contributed by atoms with Crippen LogP contribution in [0.25, 0.3) is 16.1 Å². The van der Waals surface area contributed by atoms with Crippen molar-refractivity contribution < 1.29 is 37.7 Å². The number of rotatable bonds is 1. The second-order valence-electron chi connectivity index (χ2n) is 4.90. The molecule has 1 aliphatic rings. The van der Waals surface area contributed by atoms with Crippen molar-refractivity contribution in [2.45, 2.75) is 13.0 Å². The first kappa shape index (κ1) is 23.6. The van der Waals surface area contributed by atoms with Crippen LogP contribution < -0.4 is 5.73 Å². The molecular weight excluding hydrogens is 410 g/mol. The maximum atomic E-state index is 8.36. The molecule has 2 aromatic rings. The number of pyridine rings is 1. The topological polar surface area (TPSA) is 180 Å². The zero-order valence-corrected chi connectivity index (χ0v) is 14.8. The molecule has 0 spiro atoms. The summed E-state index contributed by atoms with van der Waals surface area (Å²) in [7, 11) is 0. The van der Waals surface area contributed by atoms with Gasteiger partial charge in [0.2, 0.25) is 0 Å². The molecule has 0 bridgehead atoms. The number of fused-ring (bicyclic) bond motifs is 1. The summed E-state index contributed by atoms with van der Waals surface area (Å²) in [6, 6.07) is 10.0. The molecule has 27 heavy (non-hydrogen) atoms. The number of nitrogens with two attached hydrogens (primary N) is 1. The van der Waals surface area contributed by atoms with Gasteiger partial charge in [-0.05, 0) is 11.5 Å². The zero-order chi connectivity index (χ0) is 19.7. The van der Waals surface area contributed by atoms with Gasteiger partial charge in [0.1, 0.15) is 5.82 Å². The summed E-state index contributed by atoms with van der Waals surface area (Å²) in [5.41, 5.74) is 7.92. The fourth-order valence-corrected chi connectivity index (χ4v) is 2.17. The summed E-state index contributed by atoms with van der Waals surface area (Å²) in [5, 5.41) is 33.9. The molecule has 0 saturated carbocycles. The van der Waals surface area contributed by atoms with Crippen LogP contribution in [0.3, 0.4) is 0 Å². The average Bonchev–Trinajstić information content (AvgIpc) is 2.54. The number of hydrogen-bond donors (Lipinski definition) is 3. The Kier molecular flexibility index (Phi) is 9.88. The third kappa shape index (κ3) is 8.52. The van der Waals surface area contributed by atoms with Crippen LogP contribution in [0.1, 0.15) is 18.7 Å². The second kappa shape index (κ2) is 11.3. The largest absolute Gasteiger partial charge is 1.00 e. The molecule has 0 aliphatic carbocycles. The average molecular weight is 426 g/mol. The molecule has 0 fully saturated rings. The van der Waals surface area contributed by atoms with Gasteiger partial charge in [-0.1, -0.05) is 55.5 Å². The second-order valence-corrected chi connectivity index (χ2v) is 4.90. The van der Waals surface area contributed by atoms with Crippen LogP contribution in [0.15, 0.2) is 54.3 Å². The predicted octanol–water partition coefficient (Wildman–Crippen LogP) is 3.01. The van der Waals surface area contributed by atoms with Crippen molar-refractivity contribution >= 4 is 16.6 Å². The number of allylic oxidation sites excluding steroid dienone is 3. The predicted molar refractivity (Wildman–Crippen MR) is 92.7 cm³/mol. The van der Waals surface area contributed by atoms with Gasteiger partial charge in [0.05, 0.1) is 0 Å². The van der Waals surface area contributed by atoms with Crippen LogP contribution in [0.2, 0.25) is 0 Å². The first-order valence-corrected chi connectivity index (χ1v) is 7.08. The minimum Gasteiger partial charge on any atom is -0.677 e. The molecule has 1 aromatic heterocycles. The SMILES string of the molecule is CC1=CC=CC(c2cc3ccccc3c(N)n2)[N-]1.O=[N+]([O-])O.O=[N+]([O-])O.[Cu+]. The Labute approximate surface area is 163 Å². The van der Waals surface area contributed by atoms with Gasteiger partial charge in [0.15, 0.2) is 0 Å². The maximum absolute atomic E-state index is 8.36. The molecule has 3 rings (SSSR count). The molecular formula is C15H16CuN5O6. The van der Waals surface area contributed by atoms with Gasteiger partial charge in [-0.3, -0.25) is 0 Å². The Morgan fingerprint density at radius 1 is 1.19 bits per heavy atom. The van der Waals surface area contributed by atoms with E-state index in [0.717, 1.165) is 22.2 Å². The van der Waals surface area contributed by atoms with Gasteiger partial charge < -0.3 is 21.5 Å². The Morgan fingerprint density at radius 3 is 2.30 bits per heavy atom. The van der Waals surface area contributed by atoms with E-state index in [-0.39, 0.29) is 23.1 Å². The van der Waals surface area contributed by atoms with Crippen molar-refractivity contribution in [1.82, 2.24) is 4.98 Å². The molecule has 148 valence electrons. The number of hydrogen-bond acceptors (Lipinski definition) is 6. The van der Waals surface area contributed by atoms with Crippen LogP contribution in [0, 0.1) is 20.2 Å². The van der Waals surface area contributed by atoms with Crippen molar-refractivity contribution in [3.63, 3.8) is 0 Å². The van der Waals surface area contributed by atoms with E-state index in [1.54, 1.807) is 0 Å². The number of nitrogens with zero attached hydrogens (tertiary/aromatic N) is 4. The van der Waals surface area contributed by atoms with E-state index in [0.29, 0.717) is 5.82 Å². The van der Waals surface area contributed by atoms with E-state index in [9.17, 15) is 0 Å². The molecule has 1 atom stereocenters. The van der Waals surface area contributed by atoms with Crippen LogP contribution in [-0.2, 0) is 17.1 Å². The standard InChI is InChI=1S/C15H14N3.Cu.2HNO3/c1-10-5-4-8-13(17-10)14-9-11-6-2-3-7-12(11)15(16)18-14;;2*2-1(3)4/h2-9,13H,1H3,(H2,16,18);;2*(H,2,3,4)/q-1;+1;;. The Bertz CT molecular complexity index is 838.